The number of hydrogen-bond acceptors (Lipinski definition) is 2. The molecule has 0 bridgehead atoms. The molecule has 0 aromatic rings. The van der Waals surface area contributed by atoms with Crippen molar-refractivity contribution in [2.45, 2.75) is 52.4 Å². The number of piperidine rings is 1. The monoisotopic (exact) mass is 238 g/mol. The summed E-state index contributed by atoms with van der Waals surface area (Å²) in [5.74, 6) is 0.279. The fourth-order valence-electron chi connectivity index (χ4n) is 3.16. The third-order valence-corrected chi connectivity index (χ3v) is 4.62. The first-order valence-corrected chi connectivity index (χ1v) is 7.03. The topological polar surface area (TPSA) is 41.1 Å². The van der Waals surface area contributed by atoms with Crippen molar-refractivity contribution >= 4 is 5.91 Å². The Morgan fingerprint density at radius 2 is 1.88 bits per heavy atom. The lowest BCUT2D eigenvalue weighted by molar-refractivity contribution is -0.130. The van der Waals surface area contributed by atoms with E-state index in [1.54, 1.807) is 0 Å². The van der Waals surface area contributed by atoms with Gasteiger partial charge in [-0.25, -0.2) is 0 Å². The quantitative estimate of drug-likeness (QED) is 0.790. The summed E-state index contributed by atoms with van der Waals surface area (Å²) in [5, 5.41) is 6.62. The van der Waals surface area contributed by atoms with Gasteiger partial charge in [-0.3, -0.25) is 4.79 Å². The molecule has 0 aromatic carbocycles. The van der Waals surface area contributed by atoms with Crippen molar-refractivity contribution < 1.29 is 4.79 Å². The SMILES string of the molecule is CC1(CNC(=O)C2(C)CCCC2)CCCNC1. The second kappa shape index (κ2) is 4.97. The van der Waals surface area contributed by atoms with Gasteiger partial charge in [-0.05, 0) is 37.6 Å². The fourth-order valence-corrected chi connectivity index (χ4v) is 3.16. The molecule has 1 aliphatic carbocycles. The van der Waals surface area contributed by atoms with Crippen molar-refractivity contribution in [3.63, 3.8) is 0 Å². The first-order valence-electron chi connectivity index (χ1n) is 7.03. The molecule has 1 aliphatic heterocycles. The molecule has 0 aromatic heterocycles. The van der Waals surface area contributed by atoms with E-state index in [9.17, 15) is 4.79 Å². The molecule has 2 aliphatic rings. The highest BCUT2D eigenvalue weighted by Crippen LogP contribution is 2.37. The molecule has 2 N–H and O–H groups in total. The van der Waals surface area contributed by atoms with Gasteiger partial charge in [0.1, 0.15) is 0 Å². The standard InChI is InChI=1S/C14H26N2O/c1-13(6-5-9-15-10-13)11-16-12(17)14(2)7-3-4-8-14/h15H,3-11H2,1-2H3,(H,16,17). The molecule has 17 heavy (non-hydrogen) atoms. The van der Waals surface area contributed by atoms with Crippen LogP contribution in [-0.4, -0.2) is 25.5 Å². The van der Waals surface area contributed by atoms with E-state index < -0.39 is 0 Å². The normalized spacial score (nSPS) is 32.4. The summed E-state index contributed by atoms with van der Waals surface area (Å²) in [6.45, 7) is 7.38. The molecular weight excluding hydrogens is 212 g/mol. The second-order valence-corrected chi connectivity index (χ2v) is 6.54. The molecule has 1 heterocycles. The molecular formula is C14H26N2O. The molecule has 2 rings (SSSR count). The molecule has 1 saturated heterocycles. The molecule has 98 valence electrons. The molecule has 1 saturated carbocycles. The zero-order chi connectivity index (χ0) is 12.4. The van der Waals surface area contributed by atoms with E-state index in [2.05, 4.69) is 24.5 Å². The Hall–Kier alpha value is -0.570. The van der Waals surface area contributed by atoms with Gasteiger partial charge in [0.2, 0.25) is 5.91 Å². The summed E-state index contributed by atoms with van der Waals surface area (Å²) < 4.78 is 0. The number of carbonyl (C=O) groups excluding carboxylic acids is 1. The van der Waals surface area contributed by atoms with Crippen LogP contribution in [0.15, 0.2) is 0 Å². The molecule has 3 heteroatoms. The van der Waals surface area contributed by atoms with E-state index in [0.717, 1.165) is 32.5 Å². The van der Waals surface area contributed by atoms with Crippen LogP contribution >= 0.6 is 0 Å². The number of amides is 1. The third kappa shape index (κ3) is 3.01. The predicted molar refractivity (Wildman–Crippen MR) is 69.8 cm³/mol. The zero-order valence-corrected chi connectivity index (χ0v) is 11.3. The molecule has 1 atom stereocenters. The highest BCUT2D eigenvalue weighted by atomic mass is 16.2. The van der Waals surface area contributed by atoms with Crippen LogP contribution in [0.1, 0.15) is 52.4 Å². The Labute approximate surface area is 105 Å². The zero-order valence-electron chi connectivity index (χ0n) is 11.3. The van der Waals surface area contributed by atoms with Gasteiger partial charge in [-0.2, -0.15) is 0 Å². The summed E-state index contributed by atoms with van der Waals surface area (Å²) in [4.78, 5) is 12.2. The average molecular weight is 238 g/mol. The van der Waals surface area contributed by atoms with Crippen LogP contribution in [0.4, 0.5) is 0 Å². The van der Waals surface area contributed by atoms with E-state index in [0.29, 0.717) is 0 Å². The Kier molecular flexibility index (Phi) is 3.76. The maximum absolute atomic E-state index is 12.2. The summed E-state index contributed by atoms with van der Waals surface area (Å²) in [5.41, 5.74) is 0.168. The number of rotatable bonds is 3. The fraction of sp³-hybridized carbons (Fsp3) is 0.929. The van der Waals surface area contributed by atoms with Gasteiger partial charge < -0.3 is 10.6 Å². The summed E-state index contributed by atoms with van der Waals surface area (Å²) in [6, 6.07) is 0. The minimum absolute atomic E-state index is 0.0849. The lowest BCUT2D eigenvalue weighted by Crippen LogP contribution is -2.48. The largest absolute Gasteiger partial charge is 0.355 e. The molecule has 2 fully saturated rings. The number of hydrogen-bond donors (Lipinski definition) is 2. The Bertz CT molecular complexity index is 276. The third-order valence-electron chi connectivity index (χ3n) is 4.62. The van der Waals surface area contributed by atoms with Gasteiger partial charge in [-0.15, -0.1) is 0 Å². The van der Waals surface area contributed by atoms with Crippen LogP contribution in [0.3, 0.4) is 0 Å². The van der Waals surface area contributed by atoms with Crippen molar-refractivity contribution in [2.75, 3.05) is 19.6 Å². The van der Waals surface area contributed by atoms with E-state index in [-0.39, 0.29) is 16.7 Å². The molecule has 1 amide bonds. The molecule has 3 nitrogen and oxygen atoms in total. The van der Waals surface area contributed by atoms with Gasteiger partial charge in [0.25, 0.3) is 0 Å². The summed E-state index contributed by atoms with van der Waals surface area (Å²) in [7, 11) is 0. The van der Waals surface area contributed by atoms with E-state index in [1.165, 1.54) is 25.7 Å². The predicted octanol–water partition coefficient (Wildman–Crippen LogP) is 2.07. The van der Waals surface area contributed by atoms with Crippen molar-refractivity contribution in [1.82, 2.24) is 10.6 Å². The van der Waals surface area contributed by atoms with Crippen LogP contribution in [0.5, 0.6) is 0 Å². The first kappa shape index (κ1) is 12.9. The maximum atomic E-state index is 12.2. The van der Waals surface area contributed by atoms with Gasteiger partial charge in [0, 0.05) is 18.5 Å². The maximum Gasteiger partial charge on any atom is 0.225 e. The highest BCUT2D eigenvalue weighted by Gasteiger charge is 2.37. The van der Waals surface area contributed by atoms with Gasteiger partial charge in [0.05, 0.1) is 0 Å². The van der Waals surface area contributed by atoms with Crippen LogP contribution in [0, 0.1) is 10.8 Å². The van der Waals surface area contributed by atoms with Crippen molar-refractivity contribution in [1.29, 1.82) is 0 Å². The van der Waals surface area contributed by atoms with Gasteiger partial charge in [0.15, 0.2) is 0 Å². The van der Waals surface area contributed by atoms with E-state index in [4.69, 9.17) is 0 Å². The van der Waals surface area contributed by atoms with Crippen LogP contribution in [0.2, 0.25) is 0 Å². The Morgan fingerprint density at radius 3 is 2.47 bits per heavy atom. The minimum atomic E-state index is -0.0849. The first-order chi connectivity index (χ1) is 8.04. The smallest absolute Gasteiger partial charge is 0.225 e. The second-order valence-electron chi connectivity index (χ2n) is 6.54. The van der Waals surface area contributed by atoms with Crippen LogP contribution in [-0.2, 0) is 4.79 Å². The van der Waals surface area contributed by atoms with Crippen molar-refractivity contribution in [3.8, 4) is 0 Å². The Balaban J connectivity index is 1.83. The highest BCUT2D eigenvalue weighted by molar-refractivity contribution is 5.82. The van der Waals surface area contributed by atoms with Crippen LogP contribution in [0.25, 0.3) is 0 Å². The molecule has 0 radical (unpaired) electrons. The molecule has 1 unspecified atom stereocenters. The van der Waals surface area contributed by atoms with Gasteiger partial charge in [-0.1, -0.05) is 26.7 Å². The Morgan fingerprint density at radius 1 is 1.18 bits per heavy atom. The van der Waals surface area contributed by atoms with Gasteiger partial charge >= 0.3 is 0 Å². The molecule has 0 spiro atoms. The summed E-state index contributed by atoms with van der Waals surface area (Å²) >= 11 is 0. The average Bonchev–Trinajstić information content (AvgIpc) is 2.75. The van der Waals surface area contributed by atoms with E-state index >= 15 is 0 Å². The number of nitrogens with one attached hydrogen (secondary N) is 2. The lowest BCUT2D eigenvalue weighted by atomic mass is 9.82. The summed E-state index contributed by atoms with van der Waals surface area (Å²) in [6.07, 6.45) is 6.99. The minimum Gasteiger partial charge on any atom is -0.355 e. The number of carbonyl (C=O) groups is 1. The van der Waals surface area contributed by atoms with Crippen molar-refractivity contribution in [2.24, 2.45) is 10.8 Å². The van der Waals surface area contributed by atoms with E-state index in [1.807, 2.05) is 0 Å². The van der Waals surface area contributed by atoms with Crippen LogP contribution < -0.4 is 10.6 Å². The lowest BCUT2D eigenvalue weighted by Gasteiger charge is -2.35. The van der Waals surface area contributed by atoms with Crippen molar-refractivity contribution in [3.05, 3.63) is 0 Å².